The van der Waals surface area contributed by atoms with E-state index >= 15 is 0 Å². The average molecular weight is 544 g/mol. The van der Waals surface area contributed by atoms with E-state index in [0.29, 0.717) is 51.6 Å². The van der Waals surface area contributed by atoms with Gasteiger partial charge in [-0.15, -0.1) is 24.0 Å². The quantitative estimate of drug-likeness (QED) is 0.179. The highest BCUT2D eigenvalue weighted by atomic mass is 127. The molecule has 8 nitrogen and oxygen atoms in total. The predicted molar refractivity (Wildman–Crippen MR) is 118 cm³/mol. The predicted octanol–water partition coefficient (Wildman–Crippen LogP) is 2.77. The highest BCUT2D eigenvalue weighted by Crippen LogP contribution is 2.27. The second kappa shape index (κ2) is 12.7. The van der Waals surface area contributed by atoms with E-state index in [1.54, 1.807) is 6.92 Å². The minimum atomic E-state index is -4.51. The van der Waals surface area contributed by atoms with Crippen LogP contribution >= 0.6 is 24.0 Å². The summed E-state index contributed by atoms with van der Waals surface area (Å²) in [7, 11) is 0. The van der Waals surface area contributed by atoms with Crippen molar-refractivity contribution in [3.05, 3.63) is 18.0 Å². The minimum Gasteiger partial charge on any atom is -0.466 e. The molecule has 0 amide bonds. The van der Waals surface area contributed by atoms with Gasteiger partial charge in [0.1, 0.15) is 5.69 Å². The van der Waals surface area contributed by atoms with Crippen LogP contribution < -0.4 is 10.6 Å². The molecule has 2 heterocycles. The normalized spacial score (nSPS) is 15.4. The van der Waals surface area contributed by atoms with E-state index < -0.39 is 11.9 Å². The second-order valence-electron chi connectivity index (χ2n) is 6.44. The molecule has 30 heavy (non-hydrogen) atoms. The third-order valence-electron chi connectivity index (χ3n) is 4.35. The number of aliphatic imine (C=N–C) groups is 1. The Labute approximate surface area is 191 Å². The highest BCUT2D eigenvalue weighted by molar-refractivity contribution is 14.0. The van der Waals surface area contributed by atoms with Gasteiger partial charge in [-0.2, -0.15) is 13.2 Å². The van der Waals surface area contributed by atoms with Crippen LogP contribution in [-0.2, 0) is 15.7 Å². The molecule has 0 bridgehead atoms. The van der Waals surface area contributed by atoms with E-state index in [1.165, 1.54) is 0 Å². The SMILES string of the molecule is CCNC(=NCCNc1nccc(C(F)(F)F)n1)N1CCC(C(=O)OCC)CC1.I. The van der Waals surface area contributed by atoms with Crippen LogP contribution in [0.3, 0.4) is 0 Å². The number of nitrogens with one attached hydrogen (secondary N) is 2. The van der Waals surface area contributed by atoms with Crippen LogP contribution in [-0.4, -0.2) is 66.1 Å². The molecular formula is C18H28F3IN6O2. The van der Waals surface area contributed by atoms with Crippen molar-refractivity contribution in [3.8, 4) is 0 Å². The lowest BCUT2D eigenvalue weighted by Crippen LogP contribution is -2.47. The number of likely N-dealkylation sites (tertiary alicyclic amines) is 1. The number of guanidine groups is 1. The molecule has 2 N–H and O–H groups in total. The van der Waals surface area contributed by atoms with Crippen molar-refractivity contribution >= 4 is 41.9 Å². The molecule has 1 saturated heterocycles. The number of piperidine rings is 1. The Kier molecular flexibility index (Phi) is 11.1. The number of alkyl halides is 3. The Morgan fingerprint density at radius 3 is 2.63 bits per heavy atom. The minimum absolute atomic E-state index is 0. The molecule has 170 valence electrons. The van der Waals surface area contributed by atoms with Crippen molar-refractivity contribution in [2.75, 3.05) is 44.6 Å². The number of ether oxygens (including phenoxy) is 1. The van der Waals surface area contributed by atoms with E-state index in [-0.39, 0.29) is 48.4 Å². The van der Waals surface area contributed by atoms with Crippen LogP contribution in [0.2, 0.25) is 0 Å². The number of halogens is 4. The summed E-state index contributed by atoms with van der Waals surface area (Å²) in [6.07, 6.45) is -2.05. The van der Waals surface area contributed by atoms with Gasteiger partial charge in [0.15, 0.2) is 5.96 Å². The Balaban J connectivity index is 0.00000450. The largest absolute Gasteiger partial charge is 0.466 e. The summed E-state index contributed by atoms with van der Waals surface area (Å²) in [6.45, 7) is 6.79. The first kappa shape index (κ1) is 26.2. The smallest absolute Gasteiger partial charge is 0.433 e. The fraction of sp³-hybridized carbons (Fsp3) is 0.667. The van der Waals surface area contributed by atoms with E-state index in [4.69, 9.17) is 4.74 Å². The van der Waals surface area contributed by atoms with E-state index in [9.17, 15) is 18.0 Å². The summed E-state index contributed by atoms with van der Waals surface area (Å²) in [5.74, 6) is 0.380. The van der Waals surface area contributed by atoms with Gasteiger partial charge >= 0.3 is 12.1 Å². The zero-order chi connectivity index (χ0) is 21.3. The first-order valence-corrected chi connectivity index (χ1v) is 9.69. The molecule has 2 rings (SSSR count). The standard InChI is InChI=1S/C18H27F3N6O2.HI/c1-3-22-17(27-11-6-13(7-12-27)15(28)29-4-2)25-10-9-24-16-23-8-5-14(26-16)18(19,20)21;/h5,8,13H,3-4,6-7,9-12H2,1-2H3,(H,22,25)(H,23,24,26);1H. The van der Waals surface area contributed by atoms with Gasteiger partial charge in [0, 0.05) is 32.4 Å². The lowest BCUT2D eigenvalue weighted by molar-refractivity contribution is -0.149. The number of esters is 1. The molecule has 1 aliphatic heterocycles. The number of rotatable bonds is 7. The fourth-order valence-electron chi connectivity index (χ4n) is 2.94. The maximum atomic E-state index is 12.7. The molecular weight excluding hydrogens is 516 g/mol. The lowest BCUT2D eigenvalue weighted by atomic mass is 9.97. The van der Waals surface area contributed by atoms with Crippen LogP contribution in [0.4, 0.5) is 19.1 Å². The highest BCUT2D eigenvalue weighted by Gasteiger charge is 2.32. The summed E-state index contributed by atoms with van der Waals surface area (Å²) in [6, 6.07) is 0.826. The van der Waals surface area contributed by atoms with Crippen LogP contribution in [0.1, 0.15) is 32.4 Å². The van der Waals surface area contributed by atoms with Gasteiger partial charge in [0.25, 0.3) is 0 Å². The second-order valence-corrected chi connectivity index (χ2v) is 6.44. The summed E-state index contributed by atoms with van der Waals surface area (Å²) < 4.78 is 43.2. The number of carbonyl (C=O) groups is 1. The lowest BCUT2D eigenvalue weighted by Gasteiger charge is -2.33. The number of hydrogen-bond donors (Lipinski definition) is 2. The van der Waals surface area contributed by atoms with Gasteiger partial charge in [-0.3, -0.25) is 9.79 Å². The molecule has 1 fully saturated rings. The summed E-state index contributed by atoms with van der Waals surface area (Å²) in [5, 5.41) is 5.96. The Bertz CT molecular complexity index is 697. The maximum absolute atomic E-state index is 12.7. The molecule has 0 spiro atoms. The molecule has 0 atom stereocenters. The fourth-order valence-corrected chi connectivity index (χ4v) is 2.94. The number of nitrogens with zero attached hydrogens (tertiary/aromatic N) is 4. The number of anilines is 1. The monoisotopic (exact) mass is 544 g/mol. The van der Waals surface area contributed by atoms with Gasteiger partial charge in [-0.05, 0) is 32.8 Å². The zero-order valence-corrected chi connectivity index (χ0v) is 19.4. The van der Waals surface area contributed by atoms with Gasteiger partial charge in [0.05, 0.1) is 19.1 Å². The molecule has 1 aliphatic rings. The number of carbonyl (C=O) groups excluding carboxylic acids is 1. The van der Waals surface area contributed by atoms with Crippen LogP contribution in [0.25, 0.3) is 0 Å². The Morgan fingerprint density at radius 2 is 2.03 bits per heavy atom. The molecule has 0 aromatic carbocycles. The molecule has 0 unspecified atom stereocenters. The van der Waals surface area contributed by atoms with E-state index in [2.05, 4.69) is 30.5 Å². The van der Waals surface area contributed by atoms with Gasteiger partial charge < -0.3 is 20.3 Å². The maximum Gasteiger partial charge on any atom is 0.433 e. The molecule has 1 aromatic heterocycles. The van der Waals surface area contributed by atoms with Crippen molar-refractivity contribution < 1.29 is 22.7 Å². The molecule has 1 aromatic rings. The number of hydrogen-bond acceptors (Lipinski definition) is 6. The van der Waals surface area contributed by atoms with Crippen molar-refractivity contribution in [1.82, 2.24) is 20.2 Å². The average Bonchev–Trinajstić information content (AvgIpc) is 2.70. The van der Waals surface area contributed by atoms with Crippen molar-refractivity contribution in [2.45, 2.75) is 32.9 Å². The van der Waals surface area contributed by atoms with Gasteiger partial charge in [-0.1, -0.05) is 0 Å². The first-order valence-electron chi connectivity index (χ1n) is 9.69. The summed E-state index contributed by atoms with van der Waals surface area (Å²) >= 11 is 0. The third-order valence-corrected chi connectivity index (χ3v) is 4.35. The van der Waals surface area contributed by atoms with Gasteiger partial charge in [-0.25, -0.2) is 9.97 Å². The third kappa shape index (κ3) is 8.11. The molecule has 12 heteroatoms. The van der Waals surface area contributed by atoms with Crippen LogP contribution in [0.15, 0.2) is 17.3 Å². The number of aromatic nitrogens is 2. The first-order chi connectivity index (χ1) is 13.8. The van der Waals surface area contributed by atoms with Crippen molar-refractivity contribution in [3.63, 3.8) is 0 Å². The van der Waals surface area contributed by atoms with E-state index in [1.807, 2.05) is 6.92 Å². The Hall–Kier alpha value is -1.86. The molecule has 0 radical (unpaired) electrons. The van der Waals surface area contributed by atoms with Crippen LogP contribution in [0.5, 0.6) is 0 Å². The topological polar surface area (TPSA) is 91.7 Å². The summed E-state index contributed by atoms with van der Waals surface area (Å²) in [4.78, 5) is 25.7. The zero-order valence-electron chi connectivity index (χ0n) is 17.0. The van der Waals surface area contributed by atoms with Crippen LogP contribution in [0, 0.1) is 5.92 Å². The van der Waals surface area contributed by atoms with Crippen molar-refractivity contribution in [2.24, 2.45) is 10.9 Å². The van der Waals surface area contributed by atoms with Gasteiger partial charge in [0.2, 0.25) is 5.95 Å². The van der Waals surface area contributed by atoms with E-state index in [0.717, 1.165) is 12.3 Å². The summed E-state index contributed by atoms with van der Waals surface area (Å²) in [5.41, 5.74) is -0.990. The molecule has 0 saturated carbocycles. The Morgan fingerprint density at radius 1 is 1.33 bits per heavy atom. The van der Waals surface area contributed by atoms with Crippen molar-refractivity contribution in [1.29, 1.82) is 0 Å². The molecule has 0 aliphatic carbocycles.